The minimum atomic E-state index is -0.753. The number of pyridine rings is 1. The molecule has 11 heteroatoms. The highest BCUT2D eigenvalue weighted by Gasteiger charge is 2.17. The topological polar surface area (TPSA) is 132 Å². The van der Waals surface area contributed by atoms with Gasteiger partial charge in [-0.25, -0.2) is 9.67 Å². The number of carbonyl (C=O) groups is 2. The van der Waals surface area contributed by atoms with E-state index >= 15 is 0 Å². The first kappa shape index (κ1) is 20.0. The number of rotatable bonds is 4. The Morgan fingerprint density at radius 1 is 1.10 bits per heavy atom. The van der Waals surface area contributed by atoms with Gasteiger partial charge in [0.2, 0.25) is 0 Å². The molecule has 3 rings (SSSR count). The Morgan fingerprint density at radius 2 is 1.83 bits per heavy atom. The molecule has 2 aromatic heterocycles. The molecular weight excluding hydrogens is 400 g/mol. The summed E-state index contributed by atoms with van der Waals surface area (Å²) >= 11 is 6.07. The van der Waals surface area contributed by atoms with Crippen molar-refractivity contribution in [3.63, 3.8) is 0 Å². The highest BCUT2D eigenvalue weighted by Crippen LogP contribution is 2.18. The summed E-state index contributed by atoms with van der Waals surface area (Å²) in [4.78, 5) is 39.0. The van der Waals surface area contributed by atoms with E-state index in [0.29, 0.717) is 5.82 Å². The average Bonchev–Trinajstić information content (AvgIpc) is 3.04. The maximum absolute atomic E-state index is 12.4. The van der Waals surface area contributed by atoms with E-state index in [1.165, 1.54) is 24.3 Å². The van der Waals surface area contributed by atoms with Crippen molar-refractivity contribution in [1.29, 1.82) is 0 Å². The lowest BCUT2D eigenvalue weighted by Gasteiger charge is -2.10. The summed E-state index contributed by atoms with van der Waals surface area (Å²) < 4.78 is 1.56. The van der Waals surface area contributed by atoms with Crippen LogP contribution in [0.2, 0.25) is 5.02 Å². The van der Waals surface area contributed by atoms with Gasteiger partial charge in [0.15, 0.2) is 11.5 Å². The van der Waals surface area contributed by atoms with Gasteiger partial charge in [0.25, 0.3) is 17.5 Å². The van der Waals surface area contributed by atoms with Gasteiger partial charge in [-0.1, -0.05) is 17.7 Å². The van der Waals surface area contributed by atoms with Crippen molar-refractivity contribution in [2.45, 2.75) is 13.8 Å². The second-order valence-corrected chi connectivity index (χ2v) is 6.46. The number of hydrogen-bond acceptors (Lipinski definition) is 6. The molecule has 0 atom stereocenters. The molecule has 0 saturated heterocycles. The molecule has 0 bridgehead atoms. The van der Waals surface area contributed by atoms with Gasteiger partial charge in [0, 0.05) is 23.4 Å². The molecule has 148 valence electrons. The zero-order valence-corrected chi connectivity index (χ0v) is 16.1. The number of hydrazine groups is 1. The zero-order chi connectivity index (χ0) is 21.1. The van der Waals surface area contributed by atoms with Crippen LogP contribution in [0.25, 0.3) is 5.82 Å². The Morgan fingerprint density at radius 3 is 2.48 bits per heavy atom. The van der Waals surface area contributed by atoms with E-state index in [-0.39, 0.29) is 22.0 Å². The second kappa shape index (κ2) is 8.07. The van der Waals surface area contributed by atoms with Crippen LogP contribution < -0.4 is 10.9 Å². The predicted molar refractivity (Wildman–Crippen MR) is 104 cm³/mol. The van der Waals surface area contributed by atoms with Crippen LogP contribution in [-0.4, -0.2) is 31.5 Å². The number of hydrogen-bond donors (Lipinski definition) is 2. The number of halogens is 1. The van der Waals surface area contributed by atoms with Crippen molar-refractivity contribution in [3.8, 4) is 5.82 Å². The molecule has 1 aromatic carbocycles. The molecule has 3 aromatic rings. The molecule has 0 radical (unpaired) electrons. The first-order valence-corrected chi connectivity index (χ1v) is 8.69. The Labute approximate surface area is 169 Å². The lowest BCUT2D eigenvalue weighted by Crippen LogP contribution is -2.42. The van der Waals surface area contributed by atoms with E-state index in [4.69, 9.17) is 11.6 Å². The number of nitrogens with zero attached hydrogens (tertiary/aromatic N) is 4. The molecule has 0 aliphatic carbocycles. The lowest BCUT2D eigenvalue weighted by molar-refractivity contribution is -0.384. The van der Waals surface area contributed by atoms with Crippen LogP contribution in [0, 0.1) is 24.0 Å². The van der Waals surface area contributed by atoms with Crippen molar-refractivity contribution in [2.75, 3.05) is 0 Å². The van der Waals surface area contributed by atoms with E-state index in [0.717, 1.165) is 17.5 Å². The number of nitrogens with one attached hydrogen (secondary N) is 2. The minimum absolute atomic E-state index is 0.00921. The summed E-state index contributed by atoms with van der Waals surface area (Å²) in [6.45, 7) is 3.67. The fraction of sp³-hybridized carbons (Fsp3) is 0.111. The van der Waals surface area contributed by atoms with Gasteiger partial charge in [-0.05, 0) is 38.1 Å². The van der Waals surface area contributed by atoms with Crippen LogP contribution in [0.5, 0.6) is 0 Å². The molecule has 10 nitrogen and oxygen atoms in total. The van der Waals surface area contributed by atoms with Crippen LogP contribution in [0.1, 0.15) is 32.2 Å². The molecule has 0 spiro atoms. The smallest absolute Gasteiger partial charge is 0.267 e. The van der Waals surface area contributed by atoms with Gasteiger partial charge >= 0.3 is 0 Å². The molecule has 0 saturated carbocycles. The Kier molecular flexibility index (Phi) is 5.55. The summed E-state index contributed by atoms with van der Waals surface area (Å²) in [7, 11) is 0. The first-order chi connectivity index (χ1) is 13.8. The number of benzene rings is 1. The van der Waals surface area contributed by atoms with Crippen LogP contribution in [0.15, 0.2) is 42.5 Å². The van der Waals surface area contributed by atoms with Gasteiger partial charge in [0.05, 0.1) is 15.6 Å². The van der Waals surface area contributed by atoms with E-state index in [2.05, 4.69) is 20.9 Å². The summed E-state index contributed by atoms with van der Waals surface area (Å²) in [5.74, 6) is -1.10. The largest absolute Gasteiger partial charge is 0.289 e. The van der Waals surface area contributed by atoms with Crippen LogP contribution in [0.3, 0.4) is 0 Å². The minimum Gasteiger partial charge on any atom is -0.267 e. The number of carbonyl (C=O) groups excluding carboxylic acids is 2. The van der Waals surface area contributed by atoms with E-state index in [9.17, 15) is 19.7 Å². The third kappa shape index (κ3) is 4.38. The SMILES string of the molecule is Cc1cc(C)n(-c2ccc(Cl)c(C(=O)NNC(=O)c3cccc([N+](=O)[O-])c3)n2)n1. The maximum Gasteiger partial charge on any atom is 0.289 e. The monoisotopic (exact) mass is 414 g/mol. The standard InChI is InChI=1S/C18H15ClN6O4/c1-10-8-11(2)24(23-10)15-7-6-14(19)16(20-15)18(27)22-21-17(26)12-4-3-5-13(9-12)25(28)29/h3-9H,1-2H3,(H,21,26)(H,22,27). The predicted octanol–water partition coefficient (Wildman–Crippen LogP) is 2.52. The molecule has 0 aliphatic heterocycles. The number of amides is 2. The fourth-order valence-electron chi connectivity index (χ4n) is 2.58. The average molecular weight is 415 g/mol. The quantitative estimate of drug-likeness (QED) is 0.498. The second-order valence-electron chi connectivity index (χ2n) is 6.05. The van der Waals surface area contributed by atoms with Crippen LogP contribution >= 0.6 is 11.6 Å². The van der Waals surface area contributed by atoms with Gasteiger partial charge in [-0.15, -0.1) is 0 Å². The number of non-ortho nitro benzene ring substituents is 1. The number of nitro groups is 1. The molecule has 0 aliphatic rings. The Balaban J connectivity index is 1.76. The highest BCUT2D eigenvalue weighted by atomic mass is 35.5. The molecular formula is C18H15ClN6O4. The molecule has 2 amide bonds. The maximum atomic E-state index is 12.4. The lowest BCUT2D eigenvalue weighted by atomic mass is 10.2. The van der Waals surface area contributed by atoms with Crippen molar-refractivity contribution in [3.05, 3.63) is 80.2 Å². The summed E-state index contributed by atoms with van der Waals surface area (Å²) in [5, 5.41) is 15.2. The summed E-state index contributed by atoms with van der Waals surface area (Å²) in [5.41, 5.74) is 5.64. The summed E-state index contributed by atoms with van der Waals surface area (Å²) in [6.07, 6.45) is 0. The van der Waals surface area contributed by atoms with Gasteiger partial charge < -0.3 is 0 Å². The van der Waals surface area contributed by atoms with Gasteiger partial charge in [-0.3, -0.25) is 30.6 Å². The van der Waals surface area contributed by atoms with Crippen molar-refractivity contribution in [2.24, 2.45) is 0 Å². The molecule has 2 heterocycles. The number of aromatic nitrogens is 3. The zero-order valence-electron chi connectivity index (χ0n) is 15.3. The third-order valence-corrected chi connectivity index (χ3v) is 4.19. The van der Waals surface area contributed by atoms with Gasteiger partial charge in [-0.2, -0.15) is 5.10 Å². The Bertz CT molecular complexity index is 1130. The van der Waals surface area contributed by atoms with Crippen LogP contribution in [0.4, 0.5) is 5.69 Å². The highest BCUT2D eigenvalue weighted by molar-refractivity contribution is 6.33. The molecule has 0 unspecified atom stereocenters. The van der Waals surface area contributed by atoms with Crippen molar-refractivity contribution < 1.29 is 14.5 Å². The first-order valence-electron chi connectivity index (χ1n) is 8.31. The van der Waals surface area contributed by atoms with E-state index in [1.54, 1.807) is 10.7 Å². The van der Waals surface area contributed by atoms with Crippen molar-refractivity contribution >= 4 is 29.1 Å². The Hall–Kier alpha value is -3.79. The van der Waals surface area contributed by atoms with Crippen molar-refractivity contribution in [1.82, 2.24) is 25.6 Å². The number of aryl methyl sites for hydroxylation is 2. The summed E-state index contributed by atoms with van der Waals surface area (Å²) in [6, 6.07) is 10.1. The van der Waals surface area contributed by atoms with E-state index in [1.807, 2.05) is 19.9 Å². The van der Waals surface area contributed by atoms with E-state index < -0.39 is 16.7 Å². The normalized spacial score (nSPS) is 10.4. The fourth-order valence-corrected chi connectivity index (χ4v) is 2.77. The van der Waals surface area contributed by atoms with Gasteiger partial charge in [0.1, 0.15) is 0 Å². The third-order valence-electron chi connectivity index (χ3n) is 3.88. The molecule has 2 N–H and O–H groups in total. The van der Waals surface area contributed by atoms with Crippen LogP contribution in [-0.2, 0) is 0 Å². The molecule has 0 fully saturated rings. The molecule has 29 heavy (non-hydrogen) atoms. The number of nitro benzene ring substituents is 1.